The molecule has 0 aromatic rings. The van der Waals surface area contributed by atoms with Crippen molar-refractivity contribution >= 4 is 0 Å². The molecular formula is C4H3F7O. The summed E-state index contributed by atoms with van der Waals surface area (Å²) < 4.78 is 82.2. The van der Waals surface area contributed by atoms with E-state index in [1.165, 1.54) is 0 Å². The van der Waals surface area contributed by atoms with Gasteiger partial charge in [-0.25, -0.2) is 13.2 Å². The normalized spacial score (nSPS) is 15.8. The molecule has 0 N–H and O–H groups in total. The molecule has 0 heterocycles. The van der Waals surface area contributed by atoms with Crippen LogP contribution in [-0.4, -0.2) is 25.3 Å². The Labute approximate surface area is 62.1 Å². The molecule has 1 atom stereocenters. The summed E-state index contributed by atoms with van der Waals surface area (Å²) in [6, 6.07) is 0. The molecule has 0 aromatic heterocycles. The van der Waals surface area contributed by atoms with Crippen LogP contribution in [0, 0.1) is 0 Å². The maximum absolute atomic E-state index is 11.8. The molecule has 8 heteroatoms. The van der Waals surface area contributed by atoms with Gasteiger partial charge in [-0.2, -0.15) is 17.6 Å². The Kier molecular flexibility index (Phi) is 3.75. The van der Waals surface area contributed by atoms with Gasteiger partial charge < -0.3 is 0 Å². The molecule has 0 spiro atoms. The first-order valence-corrected chi connectivity index (χ1v) is 2.52. The third-order valence-electron chi connectivity index (χ3n) is 0.816. The van der Waals surface area contributed by atoms with E-state index in [4.69, 9.17) is 0 Å². The largest absolute Gasteiger partial charge is 0.361 e. The molecule has 1 nitrogen and oxygen atoms in total. The zero-order valence-corrected chi connectivity index (χ0v) is 5.29. The smallest absolute Gasteiger partial charge is 0.282 e. The van der Waals surface area contributed by atoms with Crippen molar-refractivity contribution in [3.8, 4) is 0 Å². The lowest BCUT2D eigenvalue weighted by Gasteiger charge is -2.18. The Morgan fingerprint density at radius 1 is 0.917 bits per heavy atom. The topological polar surface area (TPSA) is 9.23 Å². The van der Waals surface area contributed by atoms with Gasteiger partial charge in [0.05, 0.1) is 0 Å². The monoisotopic (exact) mass is 200 g/mol. The van der Waals surface area contributed by atoms with Crippen LogP contribution in [-0.2, 0) is 4.74 Å². The third kappa shape index (κ3) is 2.84. The van der Waals surface area contributed by atoms with E-state index in [-0.39, 0.29) is 0 Å². The molecule has 0 saturated carbocycles. The van der Waals surface area contributed by atoms with Crippen LogP contribution in [0.5, 0.6) is 0 Å². The van der Waals surface area contributed by atoms with Gasteiger partial charge in [0.25, 0.3) is 6.36 Å². The van der Waals surface area contributed by atoms with Crippen molar-refractivity contribution in [1.82, 2.24) is 0 Å². The number of hydrogen-bond donors (Lipinski definition) is 0. The summed E-state index contributed by atoms with van der Waals surface area (Å²) in [6.45, 7) is -3.86. The molecule has 74 valence electrons. The van der Waals surface area contributed by atoms with E-state index >= 15 is 0 Å². The van der Waals surface area contributed by atoms with Gasteiger partial charge in [-0.1, -0.05) is 0 Å². The highest BCUT2D eigenvalue weighted by Crippen LogP contribution is 2.30. The van der Waals surface area contributed by atoms with E-state index in [0.29, 0.717) is 0 Å². The van der Waals surface area contributed by atoms with Crippen molar-refractivity contribution in [2.24, 2.45) is 0 Å². The van der Waals surface area contributed by atoms with E-state index < -0.39 is 25.3 Å². The van der Waals surface area contributed by atoms with Crippen LogP contribution < -0.4 is 0 Å². The van der Waals surface area contributed by atoms with Gasteiger partial charge in [0.15, 0.2) is 0 Å². The number of alkyl halides is 7. The van der Waals surface area contributed by atoms with E-state index in [9.17, 15) is 30.7 Å². The van der Waals surface area contributed by atoms with Crippen molar-refractivity contribution in [1.29, 1.82) is 0 Å². The van der Waals surface area contributed by atoms with Crippen molar-refractivity contribution < 1.29 is 35.5 Å². The maximum Gasteiger partial charge on any atom is 0.361 e. The zero-order valence-electron chi connectivity index (χ0n) is 5.29. The minimum absolute atomic E-state index is 2.55. The Bertz CT molecular complexity index is 135. The molecule has 0 aromatic carbocycles. The van der Waals surface area contributed by atoms with Gasteiger partial charge in [0, 0.05) is 0 Å². The van der Waals surface area contributed by atoms with Crippen LogP contribution in [0.15, 0.2) is 0 Å². The molecule has 12 heavy (non-hydrogen) atoms. The number of rotatable bonds is 4. The quantitative estimate of drug-likeness (QED) is 0.633. The number of halogens is 7. The van der Waals surface area contributed by atoms with Gasteiger partial charge in [0.2, 0.25) is 0 Å². The molecule has 1 unspecified atom stereocenters. The summed E-state index contributed by atoms with van der Waals surface area (Å²) >= 11 is 0. The first-order valence-electron chi connectivity index (χ1n) is 2.52. The van der Waals surface area contributed by atoms with Crippen molar-refractivity contribution in [3.63, 3.8) is 0 Å². The molecule has 0 radical (unpaired) electrons. The average molecular weight is 200 g/mol. The number of ether oxygens (including phenoxy) is 1. The van der Waals surface area contributed by atoms with Crippen LogP contribution in [0.4, 0.5) is 30.7 Å². The predicted molar refractivity (Wildman–Crippen MR) is 22.9 cm³/mol. The first-order chi connectivity index (χ1) is 5.28. The number of hydrogen-bond acceptors (Lipinski definition) is 1. The lowest BCUT2D eigenvalue weighted by molar-refractivity contribution is -0.299. The molecule has 0 aliphatic heterocycles. The minimum atomic E-state index is -5.21. The van der Waals surface area contributed by atoms with Crippen LogP contribution >= 0.6 is 0 Å². The molecule has 0 amide bonds. The van der Waals surface area contributed by atoms with Crippen LogP contribution in [0.2, 0.25) is 0 Å². The Hall–Kier alpha value is -0.530. The van der Waals surface area contributed by atoms with Crippen LogP contribution in [0.3, 0.4) is 0 Å². The Morgan fingerprint density at radius 2 is 1.33 bits per heavy atom. The lowest BCUT2D eigenvalue weighted by Crippen LogP contribution is -2.40. The Balaban J connectivity index is 4.15. The van der Waals surface area contributed by atoms with Crippen molar-refractivity contribution in [2.45, 2.75) is 25.3 Å². The minimum Gasteiger partial charge on any atom is -0.282 e. The highest BCUT2D eigenvalue weighted by atomic mass is 19.3. The maximum atomic E-state index is 11.8. The fourth-order valence-corrected chi connectivity index (χ4v) is 0.280. The Morgan fingerprint density at radius 3 is 1.58 bits per heavy atom. The molecular weight excluding hydrogens is 197 g/mol. The summed E-state index contributed by atoms with van der Waals surface area (Å²) in [7, 11) is 0. The van der Waals surface area contributed by atoms with Gasteiger partial charge in [-0.05, 0) is 0 Å². The summed E-state index contributed by atoms with van der Waals surface area (Å²) in [6.07, 6.45) is -8.39. The van der Waals surface area contributed by atoms with E-state index in [2.05, 4.69) is 4.74 Å². The molecule has 0 saturated heterocycles. The van der Waals surface area contributed by atoms with Gasteiger partial charge in [0.1, 0.15) is 0 Å². The standard InChI is InChI=1S/C4H3F7O/c5-1(6)4(10,11)2(7)12-3(8)9/h1-3H. The summed E-state index contributed by atoms with van der Waals surface area (Å²) in [5.41, 5.74) is 0. The third-order valence-corrected chi connectivity index (χ3v) is 0.816. The van der Waals surface area contributed by atoms with Gasteiger partial charge >= 0.3 is 19.0 Å². The van der Waals surface area contributed by atoms with E-state index in [1.54, 1.807) is 0 Å². The second-order valence-electron chi connectivity index (χ2n) is 1.69. The second kappa shape index (κ2) is 3.92. The highest BCUT2D eigenvalue weighted by molar-refractivity contribution is 4.72. The average Bonchev–Trinajstić information content (AvgIpc) is 1.85. The summed E-state index contributed by atoms with van der Waals surface area (Å²) in [5, 5.41) is 0. The lowest BCUT2D eigenvalue weighted by atomic mass is 10.3. The van der Waals surface area contributed by atoms with Crippen LogP contribution in [0.25, 0.3) is 0 Å². The molecule has 0 bridgehead atoms. The molecule has 0 fully saturated rings. The summed E-state index contributed by atoms with van der Waals surface area (Å²) in [4.78, 5) is 0. The molecule has 0 rings (SSSR count). The highest BCUT2D eigenvalue weighted by Gasteiger charge is 2.51. The van der Waals surface area contributed by atoms with Crippen LogP contribution in [0.1, 0.15) is 0 Å². The van der Waals surface area contributed by atoms with E-state index in [1.807, 2.05) is 0 Å². The zero-order chi connectivity index (χ0) is 9.94. The predicted octanol–water partition coefficient (Wildman–Crippen LogP) is 2.42. The van der Waals surface area contributed by atoms with Gasteiger partial charge in [-0.15, -0.1) is 0 Å². The first kappa shape index (κ1) is 11.5. The summed E-state index contributed by atoms with van der Waals surface area (Å²) in [5.74, 6) is -5.21. The molecule has 0 aliphatic carbocycles. The van der Waals surface area contributed by atoms with Crippen molar-refractivity contribution in [2.75, 3.05) is 0 Å². The van der Waals surface area contributed by atoms with E-state index in [0.717, 1.165) is 0 Å². The van der Waals surface area contributed by atoms with Gasteiger partial charge in [-0.3, -0.25) is 4.74 Å². The fraction of sp³-hybridized carbons (Fsp3) is 1.00. The van der Waals surface area contributed by atoms with Crippen molar-refractivity contribution in [3.05, 3.63) is 0 Å². The SMILES string of the molecule is FC(F)OC(F)C(F)(F)C(F)F. The second-order valence-corrected chi connectivity index (χ2v) is 1.69. The fourth-order valence-electron chi connectivity index (χ4n) is 0.280. The molecule has 0 aliphatic rings.